The Bertz CT molecular complexity index is 468. The van der Waals surface area contributed by atoms with Crippen molar-refractivity contribution in [2.75, 3.05) is 0 Å². The molecule has 0 aromatic heterocycles. The third kappa shape index (κ3) is 5.55. The first kappa shape index (κ1) is 15.2. The summed E-state index contributed by atoms with van der Waals surface area (Å²) in [5.41, 5.74) is 3.55. The highest BCUT2D eigenvalue weighted by atomic mass is 16.4. The first-order chi connectivity index (χ1) is 8.88. The van der Waals surface area contributed by atoms with Crippen molar-refractivity contribution >= 4 is 11.9 Å². The summed E-state index contributed by atoms with van der Waals surface area (Å²) in [4.78, 5) is 22.2. The lowest BCUT2D eigenvalue weighted by Gasteiger charge is -2.12. The van der Waals surface area contributed by atoms with Gasteiger partial charge in [0, 0.05) is 12.5 Å². The van der Waals surface area contributed by atoms with Gasteiger partial charge in [-0.2, -0.15) is 0 Å². The molecule has 4 nitrogen and oxygen atoms in total. The first-order valence-electron chi connectivity index (χ1n) is 6.45. The van der Waals surface area contributed by atoms with Gasteiger partial charge in [0.2, 0.25) is 5.91 Å². The molecule has 4 heteroatoms. The number of carbonyl (C=O) groups excluding carboxylic acids is 1. The SMILES string of the molecule is Cc1ccc(CCC(=O)N[C@@H](C)CC(=O)O)c(C)c1. The maximum Gasteiger partial charge on any atom is 0.305 e. The van der Waals surface area contributed by atoms with Crippen LogP contribution in [-0.4, -0.2) is 23.0 Å². The number of nitrogens with one attached hydrogen (secondary N) is 1. The Hall–Kier alpha value is -1.84. The van der Waals surface area contributed by atoms with Crippen LogP contribution in [0.2, 0.25) is 0 Å². The maximum absolute atomic E-state index is 11.7. The van der Waals surface area contributed by atoms with Crippen molar-refractivity contribution in [3.63, 3.8) is 0 Å². The molecule has 0 unspecified atom stereocenters. The molecule has 0 fully saturated rings. The second kappa shape index (κ2) is 6.92. The third-order valence-electron chi connectivity index (χ3n) is 3.01. The van der Waals surface area contributed by atoms with Crippen LogP contribution in [0.15, 0.2) is 18.2 Å². The number of rotatable bonds is 6. The van der Waals surface area contributed by atoms with Gasteiger partial charge in [0.1, 0.15) is 0 Å². The summed E-state index contributed by atoms with van der Waals surface area (Å²) >= 11 is 0. The van der Waals surface area contributed by atoms with Crippen LogP contribution in [0.25, 0.3) is 0 Å². The van der Waals surface area contributed by atoms with Gasteiger partial charge in [-0.3, -0.25) is 9.59 Å². The van der Waals surface area contributed by atoms with E-state index in [1.165, 1.54) is 11.1 Å². The molecule has 0 aliphatic carbocycles. The first-order valence-corrected chi connectivity index (χ1v) is 6.45. The average Bonchev–Trinajstić information content (AvgIpc) is 2.26. The molecule has 0 saturated heterocycles. The number of hydrogen-bond acceptors (Lipinski definition) is 2. The zero-order valence-electron chi connectivity index (χ0n) is 11.7. The summed E-state index contributed by atoms with van der Waals surface area (Å²) in [5, 5.41) is 11.3. The van der Waals surface area contributed by atoms with E-state index in [1.54, 1.807) is 6.92 Å². The van der Waals surface area contributed by atoms with Gasteiger partial charge in [0.05, 0.1) is 6.42 Å². The Morgan fingerprint density at radius 1 is 1.32 bits per heavy atom. The fourth-order valence-electron chi connectivity index (χ4n) is 2.03. The van der Waals surface area contributed by atoms with E-state index in [9.17, 15) is 9.59 Å². The van der Waals surface area contributed by atoms with E-state index in [-0.39, 0.29) is 18.4 Å². The normalized spacial score (nSPS) is 11.9. The fraction of sp³-hybridized carbons (Fsp3) is 0.467. The van der Waals surface area contributed by atoms with Crippen LogP contribution >= 0.6 is 0 Å². The molecule has 2 N–H and O–H groups in total. The molecule has 0 aliphatic heterocycles. The molecule has 0 aliphatic rings. The molecule has 0 bridgehead atoms. The van der Waals surface area contributed by atoms with Gasteiger partial charge < -0.3 is 10.4 Å². The Kier molecular flexibility index (Phi) is 5.55. The van der Waals surface area contributed by atoms with E-state index < -0.39 is 5.97 Å². The monoisotopic (exact) mass is 263 g/mol. The molecule has 1 rings (SSSR count). The number of aliphatic carboxylic acids is 1. The number of carbonyl (C=O) groups is 2. The fourth-order valence-corrected chi connectivity index (χ4v) is 2.03. The number of carboxylic acid groups (broad SMARTS) is 1. The number of aryl methyl sites for hydroxylation is 3. The van der Waals surface area contributed by atoms with E-state index in [4.69, 9.17) is 5.11 Å². The molecular formula is C15H21NO3. The molecule has 0 spiro atoms. The second-order valence-electron chi connectivity index (χ2n) is 5.00. The highest BCUT2D eigenvalue weighted by Crippen LogP contribution is 2.12. The summed E-state index contributed by atoms with van der Waals surface area (Å²) < 4.78 is 0. The molecule has 1 aromatic rings. The van der Waals surface area contributed by atoms with Crippen molar-refractivity contribution in [1.29, 1.82) is 0 Å². The van der Waals surface area contributed by atoms with Gasteiger partial charge in [0.15, 0.2) is 0 Å². The largest absolute Gasteiger partial charge is 0.481 e. The van der Waals surface area contributed by atoms with Crippen LogP contribution in [0.5, 0.6) is 0 Å². The maximum atomic E-state index is 11.7. The minimum Gasteiger partial charge on any atom is -0.481 e. The van der Waals surface area contributed by atoms with Crippen LogP contribution in [0, 0.1) is 13.8 Å². The molecule has 104 valence electrons. The molecular weight excluding hydrogens is 242 g/mol. The lowest BCUT2D eigenvalue weighted by atomic mass is 10.0. The van der Waals surface area contributed by atoms with Crippen molar-refractivity contribution in [3.8, 4) is 0 Å². The standard InChI is InChI=1S/C15H21NO3/c1-10-4-5-13(11(2)8-10)6-7-14(17)16-12(3)9-15(18)19/h4-5,8,12H,6-7,9H2,1-3H3,(H,16,17)(H,18,19)/t12-/m0/s1. The summed E-state index contributed by atoms with van der Waals surface area (Å²) in [6.07, 6.45) is 1.01. The van der Waals surface area contributed by atoms with Crippen LogP contribution < -0.4 is 5.32 Å². The van der Waals surface area contributed by atoms with Gasteiger partial charge in [-0.25, -0.2) is 0 Å². The van der Waals surface area contributed by atoms with Crippen molar-refractivity contribution in [3.05, 3.63) is 34.9 Å². The van der Waals surface area contributed by atoms with Crippen molar-refractivity contribution in [1.82, 2.24) is 5.32 Å². The molecule has 0 saturated carbocycles. The molecule has 1 amide bonds. The van der Waals surface area contributed by atoms with Crippen molar-refractivity contribution < 1.29 is 14.7 Å². The lowest BCUT2D eigenvalue weighted by molar-refractivity contribution is -0.137. The predicted molar refractivity (Wildman–Crippen MR) is 74.1 cm³/mol. The molecule has 0 radical (unpaired) electrons. The molecule has 1 aromatic carbocycles. The third-order valence-corrected chi connectivity index (χ3v) is 3.01. The van der Waals surface area contributed by atoms with Crippen molar-refractivity contribution in [2.24, 2.45) is 0 Å². The van der Waals surface area contributed by atoms with Gasteiger partial charge in [-0.15, -0.1) is 0 Å². The zero-order valence-corrected chi connectivity index (χ0v) is 11.7. The topological polar surface area (TPSA) is 66.4 Å². The van der Waals surface area contributed by atoms with Gasteiger partial charge in [-0.1, -0.05) is 23.8 Å². The molecule has 0 heterocycles. The minimum atomic E-state index is -0.901. The average molecular weight is 263 g/mol. The van der Waals surface area contributed by atoms with Gasteiger partial charge >= 0.3 is 5.97 Å². The minimum absolute atomic E-state index is 0.0463. The van der Waals surface area contributed by atoms with Crippen LogP contribution in [0.4, 0.5) is 0 Å². The van der Waals surface area contributed by atoms with E-state index >= 15 is 0 Å². The quantitative estimate of drug-likeness (QED) is 0.827. The van der Waals surface area contributed by atoms with E-state index in [1.807, 2.05) is 26.0 Å². The Morgan fingerprint density at radius 2 is 2.00 bits per heavy atom. The number of benzene rings is 1. The van der Waals surface area contributed by atoms with E-state index in [0.29, 0.717) is 12.8 Å². The number of amides is 1. The lowest BCUT2D eigenvalue weighted by Crippen LogP contribution is -2.34. The Labute approximate surface area is 113 Å². The van der Waals surface area contributed by atoms with Crippen LogP contribution in [-0.2, 0) is 16.0 Å². The predicted octanol–water partition coefficient (Wildman–Crippen LogP) is 2.22. The zero-order chi connectivity index (χ0) is 14.4. The molecule has 19 heavy (non-hydrogen) atoms. The van der Waals surface area contributed by atoms with E-state index in [0.717, 1.165) is 5.56 Å². The van der Waals surface area contributed by atoms with E-state index in [2.05, 4.69) is 11.4 Å². The smallest absolute Gasteiger partial charge is 0.305 e. The number of carboxylic acids is 1. The summed E-state index contributed by atoms with van der Waals surface area (Å²) in [7, 11) is 0. The highest BCUT2D eigenvalue weighted by molar-refractivity contribution is 5.77. The van der Waals surface area contributed by atoms with Crippen LogP contribution in [0.3, 0.4) is 0 Å². The number of hydrogen-bond donors (Lipinski definition) is 2. The van der Waals surface area contributed by atoms with Crippen LogP contribution in [0.1, 0.15) is 36.5 Å². The Morgan fingerprint density at radius 3 is 2.58 bits per heavy atom. The molecule has 1 atom stereocenters. The highest BCUT2D eigenvalue weighted by Gasteiger charge is 2.11. The van der Waals surface area contributed by atoms with Gasteiger partial charge in [0.25, 0.3) is 0 Å². The Balaban J connectivity index is 2.43. The summed E-state index contributed by atoms with van der Waals surface area (Å²) in [6, 6.07) is 5.84. The summed E-state index contributed by atoms with van der Waals surface area (Å²) in [6.45, 7) is 5.77. The van der Waals surface area contributed by atoms with Crippen molar-refractivity contribution in [2.45, 2.75) is 46.1 Å². The summed E-state index contributed by atoms with van der Waals surface area (Å²) in [5.74, 6) is -1.00. The second-order valence-corrected chi connectivity index (χ2v) is 5.00. The van der Waals surface area contributed by atoms with Gasteiger partial charge in [-0.05, 0) is 38.3 Å².